The zero-order valence-corrected chi connectivity index (χ0v) is 35.4. The van der Waals surface area contributed by atoms with Crippen molar-refractivity contribution in [2.45, 2.75) is 85.6 Å². The second-order valence-electron chi connectivity index (χ2n) is 16.0. The van der Waals surface area contributed by atoms with Crippen molar-refractivity contribution in [3.05, 3.63) is 77.6 Å². The van der Waals surface area contributed by atoms with Crippen molar-refractivity contribution in [2.24, 2.45) is 23.7 Å². The fourth-order valence-corrected chi connectivity index (χ4v) is 8.14. The Balaban J connectivity index is 1.56. The van der Waals surface area contributed by atoms with Gasteiger partial charge in [-0.25, -0.2) is 4.98 Å². The zero-order valence-electron chi connectivity index (χ0n) is 35.4. The van der Waals surface area contributed by atoms with Gasteiger partial charge in [0, 0.05) is 73.9 Å². The van der Waals surface area contributed by atoms with Crippen LogP contribution in [0.3, 0.4) is 0 Å². The number of ketones is 1. The quantitative estimate of drug-likeness (QED) is 0.0936. The van der Waals surface area contributed by atoms with Crippen LogP contribution < -0.4 is 15.0 Å². The van der Waals surface area contributed by atoms with Crippen LogP contribution in [-0.4, -0.2) is 92.4 Å². The van der Waals surface area contributed by atoms with E-state index in [9.17, 15) is 34.8 Å². The number of hydrogen-bond acceptors (Lipinski definition) is 13. The van der Waals surface area contributed by atoms with Crippen LogP contribution in [0.4, 0.5) is 17.3 Å². The number of aliphatic hydroxyl groups is 2. The minimum absolute atomic E-state index is 0.00900. The van der Waals surface area contributed by atoms with E-state index in [2.05, 4.69) is 10.3 Å². The zero-order chi connectivity index (χ0) is 44.0. The molecule has 60 heavy (non-hydrogen) atoms. The first-order valence-corrected chi connectivity index (χ1v) is 19.9. The van der Waals surface area contributed by atoms with E-state index in [-0.39, 0.29) is 49.9 Å². The molecule has 4 bridgehead atoms. The molecule has 2 aliphatic heterocycles. The molecule has 0 unspecified atom stereocenters. The summed E-state index contributed by atoms with van der Waals surface area (Å²) < 4.78 is 23.9. The summed E-state index contributed by atoms with van der Waals surface area (Å²) in [5.74, 6) is -6.85. The van der Waals surface area contributed by atoms with Crippen LogP contribution in [0, 0.1) is 30.6 Å². The molecule has 6 N–H and O–H groups in total. The molecule has 0 aliphatic carbocycles. The van der Waals surface area contributed by atoms with Crippen LogP contribution in [-0.2, 0) is 23.8 Å². The van der Waals surface area contributed by atoms with Gasteiger partial charge in [0.25, 0.3) is 11.7 Å². The number of imidazole rings is 1. The fourth-order valence-electron chi connectivity index (χ4n) is 8.14. The van der Waals surface area contributed by atoms with Crippen molar-refractivity contribution < 1.29 is 53.8 Å². The number of aromatic hydroxyl groups is 2. The average Bonchev–Trinajstić information content (AvgIpc) is 3.78. The lowest BCUT2D eigenvalue weighted by Gasteiger charge is -2.38. The Morgan fingerprint density at radius 3 is 2.28 bits per heavy atom. The molecule has 15 nitrogen and oxygen atoms in total. The van der Waals surface area contributed by atoms with Gasteiger partial charge < -0.3 is 54.6 Å². The number of fused-ring (bicyclic) bond motifs is 1. The van der Waals surface area contributed by atoms with Crippen LogP contribution in [0.1, 0.15) is 64.4 Å². The first-order chi connectivity index (χ1) is 28.3. The van der Waals surface area contributed by atoms with Crippen molar-refractivity contribution in [1.82, 2.24) is 9.97 Å². The van der Waals surface area contributed by atoms with E-state index in [1.165, 1.54) is 40.2 Å². The summed E-state index contributed by atoms with van der Waals surface area (Å²) in [5, 5.41) is 49.4. The van der Waals surface area contributed by atoms with Gasteiger partial charge in [-0.1, -0.05) is 64.1 Å². The highest BCUT2D eigenvalue weighted by Gasteiger charge is 2.50. The molecular formula is C45H54N4O11. The minimum atomic E-state index is -1.98. The molecule has 15 heteroatoms. The molecule has 4 aromatic rings. The number of amides is 1. The number of carbonyl (C=O) groups excluding carboxylic acids is 3. The molecule has 2 aliphatic rings. The first kappa shape index (κ1) is 43.7. The van der Waals surface area contributed by atoms with Gasteiger partial charge in [-0.3, -0.25) is 14.4 Å². The van der Waals surface area contributed by atoms with Crippen LogP contribution in [0.15, 0.2) is 66.5 Å². The summed E-state index contributed by atoms with van der Waals surface area (Å²) in [6.07, 6.45) is 3.82. The Kier molecular flexibility index (Phi) is 12.4. The predicted octanol–water partition coefficient (Wildman–Crippen LogP) is 6.69. The highest BCUT2D eigenvalue weighted by molar-refractivity contribution is 6.28. The number of aliphatic hydroxyl groups excluding tert-OH is 2. The van der Waals surface area contributed by atoms with Crippen molar-refractivity contribution in [1.29, 1.82) is 0 Å². The van der Waals surface area contributed by atoms with E-state index in [0.29, 0.717) is 5.95 Å². The summed E-state index contributed by atoms with van der Waals surface area (Å²) in [7, 11) is 3.23. The van der Waals surface area contributed by atoms with Gasteiger partial charge in [-0.15, -0.1) is 0 Å². The molecule has 3 heterocycles. The number of nitrogens with zero attached hydrogens (tertiary/aromatic N) is 2. The molecular weight excluding hydrogens is 773 g/mol. The van der Waals surface area contributed by atoms with Crippen molar-refractivity contribution >= 4 is 56.8 Å². The van der Waals surface area contributed by atoms with Gasteiger partial charge >= 0.3 is 11.8 Å². The number of para-hydroxylation sites is 1. The maximum Gasteiger partial charge on any atom is 0.312 e. The van der Waals surface area contributed by atoms with Crippen molar-refractivity contribution in [3.8, 4) is 17.2 Å². The number of phenolic OH excluding ortho intramolecular Hbond substituents is 2. The van der Waals surface area contributed by atoms with E-state index in [4.69, 9.17) is 23.9 Å². The number of allylic oxidation sites excluding steroid dienone is 2. The number of ether oxygens (including phenoxy) is 4. The number of anilines is 3. The van der Waals surface area contributed by atoms with Gasteiger partial charge in [-0.05, 0) is 32.1 Å². The summed E-state index contributed by atoms with van der Waals surface area (Å²) in [6, 6.07) is 9.32. The second kappa shape index (κ2) is 17.0. The molecule has 3 aromatic carbocycles. The number of phenols is 2. The van der Waals surface area contributed by atoms with Gasteiger partial charge in [0.1, 0.15) is 28.8 Å². The van der Waals surface area contributed by atoms with E-state index in [0.717, 1.165) is 5.69 Å². The molecule has 6 rings (SSSR count). The molecule has 1 amide bonds. The highest BCUT2D eigenvalue weighted by atomic mass is 16.7. The Labute approximate surface area is 348 Å². The third kappa shape index (κ3) is 7.80. The molecule has 0 spiro atoms. The lowest BCUT2D eigenvalue weighted by Crippen LogP contribution is -2.46. The van der Waals surface area contributed by atoms with Gasteiger partial charge in [0.05, 0.1) is 41.0 Å². The smallest absolute Gasteiger partial charge is 0.312 e. The fraction of sp³-hybridized carbons (Fsp3) is 0.422. The number of aromatic nitrogens is 2. The Morgan fingerprint density at radius 1 is 0.950 bits per heavy atom. The average molecular weight is 827 g/mol. The predicted molar refractivity (Wildman–Crippen MR) is 226 cm³/mol. The second-order valence-corrected chi connectivity index (χ2v) is 16.0. The largest absolute Gasteiger partial charge is 0.507 e. The number of hydrogen-bond donors (Lipinski definition) is 6. The number of methoxy groups -OCH3 is 1. The van der Waals surface area contributed by atoms with Crippen molar-refractivity contribution in [2.75, 3.05) is 24.4 Å². The van der Waals surface area contributed by atoms with E-state index < -0.39 is 83.0 Å². The van der Waals surface area contributed by atoms with Gasteiger partial charge in [0.2, 0.25) is 5.95 Å². The summed E-state index contributed by atoms with van der Waals surface area (Å²) >= 11 is 0. The van der Waals surface area contributed by atoms with Crippen LogP contribution in [0.2, 0.25) is 0 Å². The molecule has 0 saturated carbocycles. The number of benzene rings is 3. The first-order valence-electron chi connectivity index (χ1n) is 19.9. The highest BCUT2D eigenvalue weighted by Crippen LogP contribution is 2.54. The molecule has 9 atom stereocenters. The Hall–Kier alpha value is -5.90. The van der Waals surface area contributed by atoms with Crippen LogP contribution in [0.25, 0.3) is 21.8 Å². The summed E-state index contributed by atoms with van der Waals surface area (Å²) in [6.45, 7) is 12.8. The van der Waals surface area contributed by atoms with Crippen LogP contribution in [0.5, 0.6) is 17.2 Å². The maximum atomic E-state index is 14.6. The number of H-pyrrole nitrogens is 1. The number of esters is 1. The van der Waals surface area contributed by atoms with Crippen molar-refractivity contribution in [3.63, 3.8) is 0 Å². The standard InChI is InChI=1S/C45H54N4O11/c1-21-15-14-16-22(2)43(56)46-35-34-33(47-44(48-34)49(9)28-17-12-11-13-18-28)30-31(39(35)54)38(53)26(6)41-32(30)42(55)45(8,60-41)58-20-19-29(57-10)23(3)40(59-27(7)50)25(5)37(52)24(4)36(21)51/h11-21,23-25,29,36-37,40,51-54H,1-10H3,(H,46,56)(H,47,48)/b15-14+,20-19+,22-16-/t21-,23+,24+,25+,29-,36-,37+,40+,45-/m0/s1. The van der Waals surface area contributed by atoms with Gasteiger partial charge in [-0.2, -0.15) is 0 Å². The molecule has 0 fully saturated rings. The Bertz CT molecular complexity index is 2410. The maximum absolute atomic E-state index is 14.6. The van der Waals surface area contributed by atoms with E-state index >= 15 is 0 Å². The number of aromatic amines is 1. The number of carbonyl (C=O) groups is 3. The van der Waals surface area contributed by atoms with E-state index in [1.807, 2.05) is 30.3 Å². The van der Waals surface area contributed by atoms with Gasteiger partial charge in [0.15, 0.2) is 5.75 Å². The monoisotopic (exact) mass is 826 g/mol. The Morgan fingerprint density at radius 2 is 1.63 bits per heavy atom. The minimum Gasteiger partial charge on any atom is -0.507 e. The summed E-state index contributed by atoms with van der Waals surface area (Å²) in [5.41, 5.74) is 1.32. The third-order valence-electron chi connectivity index (χ3n) is 11.9. The SMILES string of the molecule is CO[C@H]1/C=C/O[C@@]2(C)Oc3c(C)c(O)c4c(O)c(c5[nH]c(N(C)c6ccccc6)nc5c4c3C2=O)NC(=O)/C(C)=C\C=C\[C@H](C)[C@H](O)[C@@H](C)[C@@H](O)[C@@H](C)[C@H](OC(C)=O)[C@@H]1C. The lowest BCUT2D eigenvalue weighted by molar-refractivity contribution is -0.160. The molecule has 0 radical (unpaired) electrons. The lowest BCUT2D eigenvalue weighted by atomic mass is 9.78. The summed E-state index contributed by atoms with van der Waals surface area (Å²) in [4.78, 5) is 50.7. The number of Topliss-reactive ketones (excluding diaryl/α,β-unsaturated/α-hetero) is 1. The number of nitrogens with one attached hydrogen (secondary N) is 2. The molecule has 0 saturated heterocycles. The molecule has 1 aromatic heterocycles. The number of rotatable bonds is 4. The third-order valence-corrected chi connectivity index (χ3v) is 11.9. The van der Waals surface area contributed by atoms with Crippen LogP contribution >= 0.6 is 0 Å². The van der Waals surface area contributed by atoms with E-state index in [1.54, 1.807) is 64.8 Å². The normalized spacial score (nSPS) is 29.7. The molecule has 320 valence electrons. The topological polar surface area (TPSA) is 213 Å².